The van der Waals surface area contributed by atoms with Crippen molar-refractivity contribution in [2.24, 2.45) is 0 Å². The molecule has 2 heterocycles. The summed E-state index contributed by atoms with van der Waals surface area (Å²) in [5, 5.41) is 0. The van der Waals surface area contributed by atoms with Crippen LogP contribution in [0.15, 0.2) is 54.6 Å². The van der Waals surface area contributed by atoms with E-state index in [1.165, 1.54) is 23.3 Å². The van der Waals surface area contributed by atoms with Crippen LogP contribution in [0.2, 0.25) is 0 Å². The predicted molar refractivity (Wildman–Crippen MR) is 112 cm³/mol. The molecule has 2 aliphatic heterocycles. The highest BCUT2D eigenvalue weighted by atomic mass is 16.5. The fourth-order valence-electron chi connectivity index (χ4n) is 4.29. The molecule has 2 aromatic carbocycles. The van der Waals surface area contributed by atoms with Crippen molar-refractivity contribution in [2.75, 3.05) is 32.8 Å². The van der Waals surface area contributed by atoms with Crippen molar-refractivity contribution in [3.05, 3.63) is 65.7 Å². The quantitative estimate of drug-likeness (QED) is 0.556. The van der Waals surface area contributed by atoms with Crippen LogP contribution in [0.5, 0.6) is 5.75 Å². The van der Waals surface area contributed by atoms with Gasteiger partial charge in [0.1, 0.15) is 5.75 Å². The number of carbonyl (C=O) groups excluding carboxylic acids is 2. The molecule has 0 unspecified atom stereocenters. The summed E-state index contributed by atoms with van der Waals surface area (Å²) >= 11 is 0. The summed E-state index contributed by atoms with van der Waals surface area (Å²) in [7, 11) is 0. The number of imide groups is 1. The average molecular weight is 392 g/mol. The largest absolute Gasteiger partial charge is 0.483 e. The molecule has 4 rings (SSSR count). The molecule has 2 aliphatic rings. The van der Waals surface area contributed by atoms with Crippen LogP contribution >= 0.6 is 0 Å². The van der Waals surface area contributed by atoms with Crippen molar-refractivity contribution in [1.82, 2.24) is 9.80 Å². The van der Waals surface area contributed by atoms with Gasteiger partial charge in [0.2, 0.25) is 0 Å². The summed E-state index contributed by atoms with van der Waals surface area (Å²) in [5.41, 5.74) is 1.93. The predicted octanol–water partition coefficient (Wildman–Crippen LogP) is 3.71. The maximum Gasteiger partial charge on any atom is 0.267 e. The number of para-hydroxylation sites is 1. The van der Waals surface area contributed by atoms with Gasteiger partial charge in [0.05, 0.1) is 5.56 Å². The van der Waals surface area contributed by atoms with E-state index < -0.39 is 0 Å². The molecule has 5 nitrogen and oxygen atoms in total. The third kappa shape index (κ3) is 4.67. The maximum absolute atomic E-state index is 12.7. The summed E-state index contributed by atoms with van der Waals surface area (Å²) in [6.45, 7) is 3.63. The van der Waals surface area contributed by atoms with Gasteiger partial charge in [-0.2, -0.15) is 0 Å². The number of likely N-dealkylation sites (tertiary alicyclic amines) is 1. The van der Waals surface area contributed by atoms with Crippen LogP contribution in [0, 0.1) is 0 Å². The van der Waals surface area contributed by atoms with Crippen LogP contribution in [-0.4, -0.2) is 54.4 Å². The molecule has 1 fully saturated rings. The van der Waals surface area contributed by atoms with Crippen LogP contribution in [0.1, 0.15) is 47.5 Å². The molecule has 5 heteroatoms. The first-order chi connectivity index (χ1) is 14.2. The molecule has 0 saturated carbocycles. The lowest BCUT2D eigenvalue weighted by Crippen LogP contribution is -2.39. The van der Waals surface area contributed by atoms with Crippen molar-refractivity contribution in [2.45, 2.75) is 31.6 Å². The normalized spacial score (nSPS) is 18.3. The minimum Gasteiger partial charge on any atom is -0.483 e. The summed E-state index contributed by atoms with van der Waals surface area (Å²) in [5.74, 6) is 0.663. The zero-order valence-corrected chi connectivity index (χ0v) is 16.8. The minimum absolute atomic E-state index is 0.0737. The summed E-state index contributed by atoms with van der Waals surface area (Å²) in [4.78, 5) is 28.9. The fraction of sp³-hybridized carbons (Fsp3) is 0.417. The third-order valence-corrected chi connectivity index (χ3v) is 5.98. The molecule has 152 valence electrons. The van der Waals surface area contributed by atoms with Gasteiger partial charge in [-0.15, -0.1) is 0 Å². The van der Waals surface area contributed by atoms with Gasteiger partial charge in [0.15, 0.2) is 6.61 Å². The van der Waals surface area contributed by atoms with E-state index in [1.807, 2.05) is 6.07 Å². The Morgan fingerprint density at radius 1 is 0.862 bits per heavy atom. The first kappa shape index (κ1) is 19.6. The first-order valence-electron chi connectivity index (χ1n) is 10.6. The van der Waals surface area contributed by atoms with Crippen LogP contribution < -0.4 is 4.74 Å². The Morgan fingerprint density at radius 2 is 1.55 bits per heavy atom. The van der Waals surface area contributed by atoms with Crippen molar-refractivity contribution in [1.29, 1.82) is 0 Å². The molecule has 0 radical (unpaired) electrons. The van der Waals surface area contributed by atoms with Gasteiger partial charge in [0.25, 0.3) is 11.8 Å². The minimum atomic E-state index is -0.255. The number of amides is 2. The average Bonchev–Trinajstić information content (AvgIpc) is 2.89. The summed E-state index contributed by atoms with van der Waals surface area (Å²) in [6, 6.07) is 17.9. The van der Waals surface area contributed by atoms with E-state index in [0.717, 1.165) is 32.5 Å². The second kappa shape index (κ2) is 9.23. The summed E-state index contributed by atoms with van der Waals surface area (Å²) in [6.07, 6.45) is 4.19. The van der Waals surface area contributed by atoms with Crippen LogP contribution in [0.25, 0.3) is 0 Å². The molecule has 0 atom stereocenters. The van der Waals surface area contributed by atoms with Crippen molar-refractivity contribution < 1.29 is 14.3 Å². The molecule has 0 bridgehead atoms. The number of carbonyl (C=O) groups is 2. The Labute approximate surface area is 172 Å². The van der Waals surface area contributed by atoms with Crippen LogP contribution in [0.3, 0.4) is 0 Å². The number of hydrogen-bond donors (Lipinski definition) is 0. The Hall–Kier alpha value is -2.66. The molecule has 0 spiro atoms. The molecular weight excluding hydrogens is 364 g/mol. The molecule has 1 saturated heterocycles. The van der Waals surface area contributed by atoms with Gasteiger partial charge >= 0.3 is 0 Å². The number of ether oxygens (including phenoxy) is 1. The lowest BCUT2D eigenvalue weighted by molar-refractivity contribution is -0.130. The van der Waals surface area contributed by atoms with E-state index >= 15 is 0 Å². The Bertz CT molecular complexity index is 844. The standard InChI is InChI=1S/C24H28N2O3/c27-23-18-29-22-11-5-4-10-21(22)24(28)26(23)15-7-6-14-25-16-12-20(13-17-25)19-8-2-1-3-9-19/h1-5,8-11,20H,6-7,12-18H2. The van der Waals surface area contributed by atoms with Gasteiger partial charge in [-0.1, -0.05) is 42.5 Å². The number of fused-ring (bicyclic) bond motifs is 1. The SMILES string of the molecule is O=C1COc2ccccc2C(=O)N1CCCCN1CCC(c2ccccc2)CC1. The zero-order valence-electron chi connectivity index (χ0n) is 16.8. The molecule has 29 heavy (non-hydrogen) atoms. The van der Waals surface area contributed by atoms with Gasteiger partial charge < -0.3 is 9.64 Å². The van der Waals surface area contributed by atoms with E-state index in [-0.39, 0.29) is 18.4 Å². The fourth-order valence-corrected chi connectivity index (χ4v) is 4.29. The second-order valence-electron chi connectivity index (χ2n) is 7.87. The van der Waals surface area contributed by atoms with E-state index in [0.29, 0.717) is 23.8 Å². The second-order valence-corrected chi connectivity index (χ2v) is 7.87. The van der Waals surface area contributed by atoms with Gasteiger partial charge in [-0.05, 0) is 68.9 Å². The first-order valence-corrected chi connectivity index (χ1v) is 10.6. The van der Waals surface area contributed by atoms with E-state index in [2.05, 4.69) is 35.2 Å². The lowest BCUT2D eigenvalue weighted by Gasteiger charge is -2.32. The number of nitrogens with zero attached hydrogens (tertiary/aromatic N) is 2. The summed E-state index contributed by atoms with van der Waals surface area (Å²) < 4.78 is 5.49. The third-order valence-electron chi connectivity index (χ3n) is 5.98. The number of rotatable bonds is 6. The molecular formula is C24H28N2O3. The van der Waals surface area contributed by atoms with Crippen LogP contribution in [0.4, 0.5) is 0 Å². The topological polar surface area (TPSA) is 49.9 Å². The van der Waals surface area contributed by atoms with Gasteiger partial charge in [-0.3, -0.25) is 14.5 Å². The molecule has 2 amide bonds. The smallest absolute Gasteiger partial charge is 0.267 e. The van der Waals surface area contributed by atoms with E-state index in [9.17, 15) is 9.59 Å². The highest BCUT2D eigenvalue weighted by molar-refractivity contribution is 6.07. The Kier molecular flexibility index (Phi) is 6.25. The lowest BCUT2D eigenvalue weighted by atomic mass is 9.89. The number of benzene rings is 2. The molecule has 0 aromatic heterocycles. The van der Waals surface area contributed by atoms with Crippen molar-refractivity contribution >= 4 is 11.8 Å². The Balaban J connectivity index is 1.23. The highest BCUT2D eigenvalue weighted by Crippen LogP contribution is 2.28. The number of unbranched alkanes of at least 4 members (excludes halogenated alkanes) is 1. The highest BCUT2D eigenvalue weighted by Gasteiger charge is 2.29. The van der Waals surface area contributed by atoms with Crippen molar-refractivity contribution in [3.63, 3.8) is 0 Å². The van der Waals surface area contributed by atoms with Gasteiger partial charge in [0, 0.05) is 6.54 Å². The number of piperidine rings is 1. The van der Waals surface area contributed by atoms with E-state index in [4.69, 9.17) is 4.74 Å². The monoisotopic (exact) mass is 392 g/mol. The maximum atomic E-state index is 12.7. The molecule has 0 N–H and O–H groups in total. The van der Waals surface area contributed by atoms with E-state index in [1.54, 1.807) is 18.2 Å². The molecule has 0 aliphatic carbocycles. The van der Waals surface area contributed by atoms with Gasteiger partial charge in [-0.25, -0.2) is 0 Å². The Morgan fingerprint density at radius 3 is 2.34 bits per heavy atom. The molecule has 2 aromatic rings. The number of hydrogen-bond acceptors (Lipinski definition) is 4. The van der Waals surface area contributed by atoms with Crippen molar-refractivity contribution in [3.8, 4) is 5.75 Å². The zero-order chi connectivity index (χ0) is 20.1. The van der Waals surface area contributed by atoms with Crippen LogP contribution in [-0.2, 0) is 4.79 Å².